The Hall–Kier alpha value is -2.88. The Balaban J connectivity index is 2.25. The van der Waals surface area contributed by atoms with Crippen LogP contribution in [0.3, 0.4) is 0 Å². The van der Waals surface area contributed by atoms with Crippen molar-refractivity contribution in [2.24, 2.45) is 0 Å². The Kier molecular flexibility index (Phi) is 2.70. The van der Waals surface area contributed by atoms with Gasteiger partial charge in [0.2, 0.25) is 0 Å². The van der Waals surface area contributed by atoms with Gasteiger partial charge in [0.15, 0.2) is 5.69 Å². The van der Waals surface area contributed by atoms with Gasteiger partial charge in [-0.25, -0.2) is 0 Å². The summed E-state index contributed by atoms with van der Waals surface area (Å²) in [6, 6.07) is 6.59. The van der Waals surface area contributed by atoms with E-state index in [1.54, 1.807) is 12.1 Å². The van der Waals surface area contributed by atoms with E-state index < -0.39 is 5.91 Å². The highest BCUT2D eigenvalue weighted by atomic mass is 16.2. The molecule has 1 aromatic carbocycles. The SMILES string of the molecule is N#Cc1cc(N)ccc1NC(=O)c1cn[nH]n1. The summed E-state index contributed by atoms with van der Waals surface area (Å²) in [5.41, 5.74) is 6.82. The second-order valence-electron chi connectivity index (χ2n) is 3.23. The fourth-order valence-electron chi connectivity index (χ4n) is 1.26. The van der Waals surface area contributed by atoms with Crippen LogP contribution < -0.4 is 11.1 Å². The summed E-state index contributed by atoms with van der Waals surface area (Å²) in [6.45, 7) is 0. The zero-order valence-corrected chi connectivity index (χ0v) is 8.64. The van der Waals surface area contributed by atoms with Crippen LogP contribution in [0.5, 0.6) is 0 Å². The van der Waals surface area contributed by atoms with Gasteiger partial charge in [-0.3, -0.25) is 4.79 Å². The Morgan fingerprint density at radius 2 is 2.35 bits per heavy atom. The summed E-state index contributed by atoms with van der Waals surface area (Å²) in [6.07, 6.45) is 1.29. The molecule has 0 saturated carbocycles. The molecule has 7 heteroatoms. The van der Waals surface area contributed by atoms with Crippen molar-refractivity contribution < 1.29 is 4.79 Å². The topological polar surface area (TPSA) is 120 Å². The molecule has 0 fully saturated rings. The summed E-state index contributed by atoms with van der Waals surface area (Å²) in [7, 11) is 0. The van der Waals surface area contributed by atoms with Crippen molar-refractivity contribution in [2.75, 3.05) is 11.1 Å². The lowest BCUT2D eigenvalue weighted by atomic mass is 10.1. The first-order valence-corrected chi connectivity index (χ1v) is 4.67. The lowest BCUT2D eigenvalue weighted by molar-refractivity contribution is 0.102. The number of aromatic amines is 1. The number of nitriles is 1. The van der Waals surface area contributed by atoms with Crippen molar-refractivity contribution in [3.63, 3.8) is 0 Å². The maximum atomic E-state index is 11.7. The average Bonchev–Trinajstić information content (AvgIpc) is 2.85. The van der Waals surface area contributed by atoms with Gasteiger partial charge in [0.1, 0.15) is 6.07 Å². The summed E-state index contributed by atoms with van der Waals surface area (Å²) < 4.78 is 0. The molecule has 0 bridgehead atoms. The van der Waals surface area contributed by atoms with Crippen LogP contribution >= 0.6 is 0 Å². The fraction of sp³-hybridized carbons (Fsp3) is 0. The van der Waals surface area contributed by atoms with Gasteiger partial charge in [-0.1, -0.05) is 0 Å². The zero-order valence-electron chi connectivity index (χ0n) is 8.64. The molecule has 0 aliphatic carbocycles. The molecule has 0 unspecified atom stereocenters. The summed E-state index contributed by atoms with van der Waals surface area (Å²) in [5, 5.41) is 20.9. The highest BCUT2D eigenvalue weighted by Gasteiger charge is 2.11. The minimum Gasteiger partial charge on any atom is -0.399 e. The lowest BCUT2D eigenvalue weighted by Gasteiger charge is -2.05. The van der Waals surface area contributed by atoms with E-state index in [2.05, 4.69) is 20.7 Å². The molecule has 0 radical (unpaired) electrons. The average molecular weight is 228 g/mol. The third-order valence-electron chi connectivity index (χ3n) is 2.06. The first-order chi connectivity index (χ1) is 8.20. The van der Waals surface area contributed by atoms with E-state index in [0.29, 0.717) is 16.9 Å². The highest BCUT2D eigenvalue weighted by molar-refractivity contribution is 6.03. The first-order valence-electron chi connectivity index (χ1n) is 4.67. The zero-order chi connectivity index (χ0) is 12.3. The van der Waals surface area contributed by atoms with Crippen LogP contribution in [0.25, 0.3) is 0 Å². The van der Waals surface area contributed by atoms with Crippen LogP contribution in [0.2, 0.25) is 0 Å². The van der Waals surface area contributed by atoms with Crippen LogP contribution in [0.1, 0.15) is 16.1 Å². The maximum Gasteiger partial charge on any atom is 0.277 e. The Morgan fingerprint density at radius 3 is 3.00 bits per heavy atom. The molecule has 0 atom stereocenters. The summed E-state index contributed by atoms with van der Waals surface area (Å²) in [5.74, 6) is -0.444. The predicted molar refractivity (Wildman–Crippen MR) is 59.9 cm³/mol. The Bertz CT molecular complexity index is 583. The summed E-state index contributed by atoms with van der Waals surface area (Å²) in [4.78, 5) is 11.7. The van der Waals surface area contributed by atoms with Gasteiger partial charge in [-0.05, 0) is 18.2 Å². The second-order valence-corrected chi connectivity index (χ2v) is 3.23. The first kappa shape index (κ1) is 10.6. The number of hydrogen-bond acceptors (Lipinski definition) is 5. The quantitative estimate of drug-likeness (QED) is 0.646. The van der Waals surface area contributed by atoms with E-state index in [1.807, 2.05) is 6.07 Å². The van der Waals surface area contributed by atoms with Gasteiger partial charge in [0, 0.05) is 5.69 Å². The number of benzene rings is 1. The third-order valence-corrected chi connectivity index (χ3v) is 2.06. The molecule has 0 spiro atoms. The number of nitrogens with two attached hydrogens (primary N) is 1. The van der Waals surface area contributed by atoms with Gasteiger partial charge >= 0.3 is 0 Å². The number of hydrogen-bond donors (Lipinski definition) is 3. The number of H-pyrrole nitrogens is 1. The van der Waals surface area contributed by atoms with Crippen LogP contribution in [0, 0.1) is 11.3 Å². The molecule has 4 N–H and O–H groups in total. The lowest BCUT2D eigenvalue weighted by Crippen LogP contribution is -2.13. The monoisotopic (exact) mass is 228 g/mol. The largest absolute Gasteiger partial charge is 0.399 e. The molecule has 2 aromatic rings. The van der Waals surface area contributed by atoms with E-state index in [9.17, 15) is 4.79 Å². The third kappa shape index (κ3) is 2.21. The maximum absolute atomic E-state index is 11.7. The van der Waals surface area contributed by atoms with Crippen LogP contribution in [-0.4, -0.2) is 21.3 Å². The van der Waals surface area contributed by atoms with Gasteiger partial charge in [0.25, 0.3) is 5.91 Å². The van der Waals surface area contributed by atoms with Crippen molar-refractivity contribution in [1.82, 2.24) is 15.4 Å². The smallest absolute Gasteiger partial charge is 0.277 e. The van der Waals surface area contributed by atoms with Crippen molar-refractivity contribution in [1.29, 1.82) is 5.26 Å². The van der Waals surface area contributed by atoms with Gasteiger partial charge in [-0.2, -0.15) is 20.7 Å². The molecule has 0 aliphatic heterocycles. The number of nitrogen functional groups attached to an aromatic ring is 1. The molecular weight excluding hydrogens is 220 g/mol. The minimum atomic E-state index is -0.444. The molecule has 17 heavy (non-hydrogen) atoms. The van der Waals surface area contributed by atoms with E-state index >= 15 is 0 Å². The van der Waals surface area contributed by atoms with Crippen LogP contribution in [-0.2, 0) is 0 Å². The number of anilines is 2. The number of nitrogens with zero attached hydrogens (tertiary/aromatic N) is 3. The molecule has 0 aliphatic rings. The fourth-order valence-corrected chi connectivity index (χ4v) is 1.26. The van der Waals surface area contributed by atoms with E-state index in [0.717, 1.165) is 0 Å². The van der Waals surface area contributed by atoms with Crippen molar-refractivity contribution in [3.05, 3.63) is 35.7 Å². The van der Waals surface area contributed by atoms with Gasteiger partial charge < -0.3 is 11.1 Å². The normalized spacial score (nSPS) is 9.59. The molecule has 1 amide bonds. The van der Waals surface area contributed by atoms with E-state index in [4.69, 9.17) is 11.0 Å². The number of carbonyl (C=O) groups excluding carboxylic acids is 1. The number of carbonyl (C=O) groups is 1. The molecule has 84 valence electrons. The minimum absolute atomic E-state index is 0.144. The Labute approximate surface area is 96.2 Å². The van der Waals surface area contributed by atoms with E-state index in [-0.39, 0.29) is 5.69 Å². The number of amides is 1. The standard InChI is InChI=1S/C10H8N6O/c11-4-6-3-7(12)1-2-8(6)14-10(17)9-5-13-16-15-9/h1-3,5H,12H2,(H,14,17)(H,13,15,16). The van der Waals surface area contributed by atoms with Crippen molar-refractivity contribution in [3.8, 4) is 6.07 Å². The number of aromatic nitrogens is 3. The van der Waals surface area contributed by atoms with E-state index in [1.165, 1.54) is 12.3 Å². The predicted octanol–water partition coefficient (Wildman–Crippen LogP) is 0.511. The van der Waals surface area contributed by atoms with Crippen molar-refractivity contribution >= 4 is 17.3 Å². The molecule has 1 heterocycles. The molecule has 0 saturated heterocycles. The van der Waals surface area contributed by atoms with Crippen molar-refractivity contribution in [2.45, 2.75) is 0 Å². The van der Waals surface area contributed by atoms with Gasteiger partial charge in [-0.15, -0.1) is 0 Å². The van der Waals surface area contributed by atoms with Gasteiger partial charge in [0.05, 0.1) is 17.4 Å². The second kappa shape index (κ2) is 4.32. The highest BCUT2D eigenvalue weighted by Crippen LogP contribution is 2.18. The summed E-state index contributed by atoms with van der Waals surface area (Å²) >= 11 is 0. The Morgan fingerprint density at radius 1 is 1.53 bits per heavy atom. The molecular formula is C10H8N6O. The van der Waals surface area contributed by atoms with Crippen LogP contribution in [0.15, 0.2) is 24.4 Å². The van der Waals surface area contributed by atoms with Crippen LogP contribution in [0.4, 0.5) is 11.4 Å². The number of rotatable bonds is 2. The molecule has 1 aromatic heterocycles. The molecule has 2 rings (SSSR count). The number of nitrogens with one attached hydrogen (secondary N) is 2. The molecule has 7 nitrogen and oxygen atoms in total.